The van der Waals surface area contributed by atoms with Gasteiger partial charge in [-0.2, -0.15) is 0 Å². The van der Waals surface area contributed by atoms with Gasteiger partial charge in [0.2, 0.25) is 0 Å². The van der Waals surface area contributed by atoms with Gasteiger partial charge in [-0.05, 0) is 36.6 Å². The molecule has 3 radical (unpaired) electrons. The van der Waals surface area contributed by atoms with E-state index in [1.165, 1.54) is 5.56 Å². The lowest BCUT2D eigenvalue weighted by Gasteiger charge is -2.10. The Bertz CT molecular complexity index is 257. The molecule has 0 spiro atoms. The summed E-state index contributed by atoms with van der Waals surface area (Å²) in [6.07, 6.45) is 0. The molecule has 0 unspecified atom stereocenters. The third-order valence-corrected chi connectivity index (χ3v) is 2.61. The number of hydrogen-bond donors (Lipinski definition) is 0. The lowest BCUT2D eigenvalue weighted by atomic mass is 10.0. The molecule has 0 atom stereocenters. The zero-order valence-electron chi connectivity index (χ0n) is 7.15. The fourth-order valence-corrected chi connectivity index (χ4v) is 1.62. The number of benzene rings is 1. The molecule has 1 aromatic rings. The number of rotatable bonds is 2. The molecule has 0 heterocycles. The van der Waals surface area contributed by atoms with Gasteiger partial charge < -0.3 is 4.43 Å². The van der Waals surface area contributed by atoms with Crippen molar-refractivity contribution in [3.05, 3.63) is 28.8 Å². The lowest BCUT2D eigenvalue weighted by molar-refractivity contribution is 0.609. The standard InChI is InChI=1S/C9H10ClOSi/c1-6-7(2)9(11-12)4-3-8(6)5-10/h3-4H,5H2,1-2H3. The van der Waals surface area contributed by atoms with Crippen LogP contribution >= 0.6 is 11.6 Å². The van der Waals surface area contributed by atoms with E-state index in [9.17, 15) is 0 Å². The van der Waals surface area contributed by atoms with E-state index >= 15 is 0 Å². The fourth-order valence-electron chi connectivity index (χ4n) is 1.11. The van der Waals surface area contributed by atoms with Crippen molar-refractivity contribution >= 4 is 22.1 Å². The molecule has 0 aliphatic carbocycles. The summed E-state index contributed by atoms with van der Waals surface area (Å²) in [5.74, 6) is 1.40. The summed E-state index contributed by atoms with van der Waals surface area (Å²) in [5, 5.41) is 0. The number of alkyl halides is 1. The fraction of sp³-hybridized carbons (Fsp3) is 0.333. The largest absolute Gasteiger partial charge is 0.540 e. The van der Waals surface area contributed by atoms with Crippen molar-refractivity contribution in [1.29, 1.82) is 0 Å². The average Bonchev–Trinajstić information content (AvgIpc) is 2.10. The van der Waals surface area contributed by atoms with E-state index in [4.69, 9.17) is 16.0 Å². The zero-order valence-corrected chi connectivity index (χ0v) is 8.90. The van der Waals surface area contributed by atoms with Crippen LogP contribution in [0.15, 0.2) is 12.1 Å². The predicted octanol–water partition coefficient (Wildman–Crippen LogP) is 2.50. The highest BCUT2D eigenvalue weighted by molar-refractivity contribution is 6.17. The molecule has 0 bridgehead atoms. The second-order valence-corrected chi connectivity index (χ2v) is 3.18. The van der Waals surface area contributed by atoms with Crippen LogP contribution in [0.2, 0.25) is 0 Å². The molecular formula is C9H10ClOSi. The first-order valence-electron chi connectivity index (χ1n) is 3.69. The summed E-state index contributed by atoms with van der Waals surface area (Å²) in [7, 11) is 3.00. The van der Waals surface area contributed by atoms with Crippen LogP contribution in [0, 0.1) is 13.8 Å². The highest BCUT2D eigenvalue weighted by Gasteiger charge is 2.04. The second-order valence-electron chi connectivity index (χ2n) is 2.71. The molecule has 0 aliphatic rings. The molecule has 63 valence electrons. The van der Waals surface area contributed by atoms with Crippen LogP contribution in [0.5, 0.6) is 5.75 Å². The average molecular weight is 198 g/mol. The van der Waals surface area contributed by atoms with Crippen LogP contribution in [0.4, 0.5) is 0 Å². The van der Waals surface area contributed by atoms with Gasteiger partial charge in [0, 0.05) is 5.88 Å². The van der Waals surface area contributed by atoms with E-state index in [2.05, 4.69) is 10.5 Å². The van der Waals surface area contributed by atoms with E-state index < -0.39 is 0 Å². The van der Waals surface area contributed by atoms with E-state index in [0.717, 1.165) is 16.9 Å². The molecular weight excluding hydrogens is 188 g/mol. The quantitative estimate of drug-likeness (QED) is 0.523. The SMILES string of the molecule is Cc1c(CCl)ccc(O[Si])c1C. The summed E-state index contributed by atoms with van der Waals surface area (Å²) >= 11 is 5.75. The Kier molecular flexibility index (Phi) is 3.17. The van der Waals surface area contributed by atoms with Crippen molar-refractivity contribution in [2.24, 2.45) is 0 Å². The molecule has 0 amide bonds. The Morgan fingerprint density at radius 3 is 2.50 bits per heavy atom. The predicted molar refractivity (Wildman–Crippen MR) is 51.9 cm³/mol. The Morgan fingerprint density at radius 1 is 1.33 bits per heavy atom. The summed E-state index contributed by atoms with van der Waals surface area (Å²) in [6, 6.07) is 3.89. The van der Waals surface area contributed by atoms with E-state index in [1.807, 2.05) is 26.0 Å². The van der Waals surface area contributed by atoms with Gasteiger partial charge in [0.15, 0.2) is 0 Å². The van der Waals surface area contributed by atoms with Gasteiger partial charge in [-0.1, -0.05) is 6.07 Å². The Labute approximate surface area is 81.2 Å². The van der Waals surface area contributed by atoms with Gasteiger partial charge in [-0.15, -0.1) is 11.6 Å². The van der Waals surface area contributed by atoms with Crippen molar-refractivity contribution in [3.8, 4) is 5.75 Å². The third-order valence-electron chi connectivity index (χ3n) is 2.10. The monoisotopic (exact) mass is 197 g/mol. The van der Waals surface area contributed by atoms with Gasteiger partial charge in [0.05, 0.1) is 0 Å². The maximum absolute atomic E-state index is 5.75. The summed E-state index contributed by atoms with van der Waals surface area (Å²) in [5.41, 5.74) is 3.48. The Hall–Kier alpha value is -0.473. The highest BCUT2D eigenvalue weighted by atomic mass is 35.5. The van der Waals surface area contributed by atoms with E-state index in [0.29, 0.717) is 5.88 Å². The second kappa shape index (κ2) is 3.96. The van der Waals surface area contributed by atoms with Crippen molar-refractivity contribution < 1.29 is 4.43 Å². The van der Waals surface area contributed by atoms with Crippen LogP contribution < -0.4 is 4.43 Å². The van der Waals surface area contributed by atoms with Crippen molar-refractivity contribution in [3.63, 3.8) is 0 Å². The van der Waals surface area contributed by atoms with Crippen LogP contribution in [-0.4, -0.2) is 10.5 Å². The van der Waals surface area contributed by atoms with Gasteiger partial charge in [-0.25, -0.2) is 0 Å². The number of hydrogen-bond acceptors (Lipinski definition) is 1. The van der Waals surface area contributed by atoms with Crippen molar-refractivity contribution in [2.75, 3.05) is 0 Å². The van der Waals surface area contributed by atoms with Gasteiger partial charge in [-0.3, -0.25) is 0 Å². The summed E-state index contributed by atoms with van der Waals surface area (Å²) in [4.78, 5) is 0. The maximum Gasteiger partial charge on any atom is 0.341 e. The molecule has 1 aromatic carbocycles. The Morgan fingerprint density at radius 2 is 2.00 bits per heavy atom. The van der Waals surface area contributed by atoms with Crippen LogP contribution in [0.1, 0.15) is 16.7 Å². The normalized spacial score (nSPS) is 10.0. The molecule has 3 heteroatoms. The molecule has 1 rings (SSSR count). The summed E-state index contributed by atoms with van der Waals surface area (Å²) < 4.78 is 4.99. The topological polar surface area (TPSA) is 9.23 Å². The smallest absolute Gasteiger partial charge is 0.341 e. The molecule has 12 heavy (non-hydrogen) atoms. The van der Waals surface area contributed by atoms with E-state index in [-0.39, 0.29) is 0 Å². The van der Waals surface area contributed by atoms with Crippen molar-refractivity contribution in [2.45, 2.75) is 19.7 Å². The van der Waals surface area contributed by atoms with Crippen molar-refractivity contribution in [1.82, 2.24) is 0 Å². The minimum atomic E-state index is 0.550. The molecule has 0 aliphatic heterocycles. The lowest BCUT2D eigenvalue weighted by Crippen LogP contribution is -1.94. The first-order valence-corrected chi connectivity index (χ1v) is 4.63. The van der Waals surface area contributed by atoms with Gasteiger partial charge >= 0.3 is 10.5 Å². The number of halogens is 1. The van der Waals surface area contributed by atoms with Crippen LogP contribution in [0.25, 0.3) is 0 Å². The molecule has 0 saturated heterocycles. The molecule has 0 N–H and O–H groups in total. The van der Waals surface area contributed by atoms with E-state index in [1.54, 1.807) is 0 Å². The first-order chi connectivity index (χ1) is 5.70. The zero-order chi connectivity index (χ0) is 9.14. The highest BCUT2D eigenvalue weighted by Crippen LogP contribution is 2.24. The summed E-state index contributed by atoms with van der Waals surface area (Å²) in [6.45, 7) is 4.06. The first kappa shape index (κ1) is 9.61. The molecule has 0 saturated carbocycles. The minimum Gasteiger partial charge on any atom is -0.540 e. The van der Waals surface area contributed by atoms with Crippen LogP contribution in [0.3, 0.4) is 0 Å². The molecule has 1 nitrogen and oxygen atoms in total. The molecule has 0 aromatic heterocycles. The minimum absolute atomic E-state index is 0.550. The Balaban J connectivity index is 3.20. The van der Waals surface area contributed by atoms with Gasteiger partial charge in [0.25, 0.3) is 0 Å². The third kappa shape index (κ3) is 1.64. The maximum atomic E-state index is 5.75. The molecule has 0 fully saturated rings. The van der Waals surface area contributed by atoms with Gasteiger partial charge in [0.1, 0.15) is 5.75 Å². The van der Waals surface area contributed by atoms with Crippen LogP contribution in [-0.2, 0) is 5.88 Å².